The second kappa shape index (κ2) is 4.30. The molecule has 2 aromatic rings. The van der Waals surface area contributed by atoms with Crippen LogP contribution in [0, 0.1) is 6.92 Å². The minimum absolute atomic E-state index is 0.794. The first-order valence-corrected chi connectivity index (χ1v) is 5.79. The molecule has 1 aromatic carbocycles. The van der Waals surface area contributed by atoms with Crippen LogP contribution >= 0.6 is 11.6 Å². The van der Waals surface area contributed by atoms with E-state index in [1.807, 2.05) is 30.1 Å². The summed E-state index contributed by atoms with van der Waals surface area (Å²) in [6.45, 7) is 4.19. The third-order valence-electron chi connectivity index (χ3n) is 2.73. The fourth-order valence-electron chi connectivity index (χ4n) is 1.98. The van der Waals surface area contributed by atoms with Gasteiger partial charge in [-0.15, -0.1) is 0 Å². The number of aryl methyl sites for hydroxylation is 3. The van der Waals surface area contributed by atoms with Crippen molar-refractivity contribution in [3.05, 3.63) is 40.7 Å². The summed E-state index contributed by atoms with van der Waals surface area (Å²) in [7, 11) is 1.94. The highest BCUT2D eigenvalue weighted by molar-refractivity contribution is 6.33. The molecule has 2 nitrogen and oxygen atoms in total. The SMILES string of the molecule is CCc1nn(C)cc1-c1c(C)cccc1Cl. The third kappa shape index (κ3) is 1.85. The molecule has 0 amide bonds. The lowest BCUT2D eigenvalue weighted by Crippen LogP contribution is -1.90. The van der Waals surface area contributed by atoms with E-state index < -0.39 is 0 Å². The van der Waals surface area contributed by atoms with Gasteiger partial charge in [-0.25, -0.2) is 0 Å². The van der Waals surface area contributed by atoms with Crippen molar-refractivity contribution in [2.75, 3.05) is 0 Å². The summed E-state index contributed by atoms with van der Waals surface area (Å²) >= 11 is 6.27. The summed E-state index contributed by atoms with van der Waals surface area (Å²) in [6.07, 6.45) is 2.95. The van der Waals surface area contributed by atoms with Crippen molar-refractivity contribution in [2.24, 2.45) is 7.05 Å². The molecule has 0 N–H and O–H groups in total. The van der Waals surface area contributed by atoms with E-state index in [-0.39, 0.29) is 0 Å². The molecule has 0 aliphatic heterocycles. The van der Waals surface area contributed by atoms with Gasteiger partial charge in [-0.1, -0.05) is 30.7 Å². The molecular weight excluding hydrogens is 220 g/mol. The van der Waals surface area contributed by atoms with E-state index in [1.165, 1.54) is 5.56 Å². The van der Waals surface area contributed by atoms with Gasteiger partial charge in [0.15, 0.2) is 0 Å². The van der Waals surface area contributed by atoms with E-state index in [2.05, 4.69) is 25.0 Å². The summed E-state index contributed by atoms with van der Waals surface area (Å²) < 4.78 is 1.84. The molecule has 0 saturated heterocycles. The van der Waals surface area contributed by atoms with Gasteiger partial charge < -0.3 is 0 Å². The smallest absolute Gasteiger partial charge is 0.0700 e. The monoisotopic (exact) mass is 234 g/mol. The Bertz CT molecular complexity index is 494. The lowest BCUT2D eigenvalue weighted by Gasteiger charge is -2.07. The average Bonchev–Trinajstić information content (AvgIpc) is 2.59. The second-order valence-corrected chi connectivity index (χ2v) is 4.36. The maximum absolute atomic E-state index is 6.27. The Morgan fingerprint density at radius 1 is 1.38 bits per heavy atom. The number of hydrogen-bond acceptors (Lipinski definition) is 1. The zero-order valence-electron chi connectivity index (χ0n) is 9.79. The second-order valence-electron chi connectivity index (χ2n) is 3.95. The fraction of sp³-hybridized carbons (Fsp3) is 0.308. The summed E-state index contributed by atoms with van der Waals surface area (Å²) in [6, 6.07) is 5.98. The number of nitrogens with zero attached hydrogens (tertiary/aromatic N) is 2. The number of hydrogen-bond donors (Lipinski definition) is 0. The quantitative estimate of drug-likeness (QED) is 0.776. The van der Waals surface area contributed by atoms with Crippen LogP contribution in [0.1, 0.15) is 18.2 Å². The van der Waals surface area contributed by atoms with Crippen molar-refractivity contribution in [1.29, 1.82) is 0 Å². The van der Waals surface area contributed by atoms with E-state index in [9.17, 15) is 0 Å². The summed E-state index contributed by atoms with van der Waals surface area (Å²) in [4.78, 5) is 0. The molecule has 0 saturated carbocycles. The van der Waals surface area contributed by atoms with E-state index in [0.29, 0.717) is 0 Å². The van der Waals surface area contributed by atoms with Gasteiger partial charge in [0.1, 0.15) is 0 Å². The maximum atomic E-state index is 6.27. The molecule has 0 atom stereocenters. The lowest BCUT2D eigenvalue weighted by atomic mass is 10.0. The summed E-state index contributed by atoms with van der Waals surface area (Å²) in [5.41, 5.74) is 4.54. The summed E-state index contributed by atoms with van der Waals surface area (Å²) in [5.74, 6) is 0. The van der Waals surface area contributed by atoms with Crippen LogP contribution in [-0.4, -0.2) is 9.78 Å². The molecule has 0 unspecified atom stereocenters. The molecule has 2 rings (SSSR count). The first kappa shape index (κ1) is 11.2. The highest BCUT2D eigenvalue weighted by Gasteiger charge is 2.13. The molecule has 3 heteroatoms. The van der Waals surface area contributed by atoms with Gasteiger partial charge in [0, 0.05) is 29.4 Å². The zero-order valence-corrected chi connectivity index (χ0v) is 10.5. The molecule has 1 aromatic heterocycles. The Labute approximate surface area is 101 Å². The Morgan fingerprint density at radius 2 is 2.12 bits per heavy atom. The Kier molecular flexibility index (Phi) is 3.01. The van der Waals surface area contributed by atoms with Crippen LogP contribution in [0.15, 0.2) is 24.4 Å². The van der Waals surface area contributed by atoms with Crippen molar-refractivity contribution in [3.63, 3.8) is 0 Å². The molecule has 0 spiro atoms. The molecular formula is C13H15ClN2. The van der Waals surface area contributed by atoms with Crippen LogP contribution in [0.5, 0.6) is 0 Å². The van der Waals surface area contributed by atoms with E-state index >= 15 is 0 Å². The summed E-state index contributed by atoms with van der Waals surface area (Å²) in [5, 5.41) is 5.24. The predicted octanol–water partition coefficient (Wildman–Crippen LogP) is 3.61. The molecule has 1 heterocycles. The largest absolute Gasteiger partial charge is 0.275 e. The minimum Gasteiger partial charge on any atom is -0.275 e. The van der Waals surface area contributed by atoms with Gasteiger partial charge >= 0.3 is 0 Å². The molecule has 0 fully saturated rings. The molecule has 0 aliphatic rings. The van der Waals surface area contributed by atoms with Gasteiger partial charge in [0.25, 0.3) is 0 Å². The topological polar surface area (TPSA) is 17.8 Å². The van der Waals surface area contributed by atoms with Crippen molar-refractivity contribution >= 4 is 11.6 Å². The molecule has 0 aliphatic carbocycles. The zero-order chi connectivity index (χ0) is 11.7. The minimum atomic E-state index is 0.794. The van der Waals surface area contributed by atoms with Crippen LogP contribution in [0.4, 0.5) is 0 Å². The maximum Gasteiger partial charge on any atom is 0.0700 e. The number of halogens is 1. The van der Waals surface area contributed by atoms with Gasteiger partial charge in [0.05, 0.1) is 5.69 Å². The number of benzene rings is 1. The van der Waals surface area contributed by atoms with Gasteiger partial charge in [-0.2, -0.15) is 5.10 Å². The lowest BCUT2D eigenvalue weighted by molar-refractivity contribution is 0.746. The van der Waals surface area contributed by atoms with Gasteiger partial charge in [-0.05, 0) is 25.0 Å². The Balaban J connectivity index is 2.66. The highest BCUT2D eigenvalue weighted by Crippen LogP contribution is 2.32. The first-order valence-electron chi connectivity index (χ1n) is 5.41. The van der Waals surface area contributed by atoms with Gasteiger partial charge in [-0.3, -0.25) is 4.68 Å². The highest BCUT2D eigenvalue weighted by atomic mass is 35.5. The predicted molar refractivity (Wildman–Crippen MR) is 67.8 cm³/mol. The van der Waals surface area contributed by atoms with E-state index in [4.69, 9.17) is 11.6 Å². The first-order chi connectivity index (χ1) is 7.63. The van der Waals surface area contributed by atoms with Crippen LogP contribution < -0.4 is 0 Å². The van der Waals surface area contributed by atoms with E-state index in [0.717, 1.165) is 28.3 Å². The number of aromatic nitrogens is 2. The Hall–Kier alpha value is -1.28. The number of rotatable bonds is 2. The molecule has 0 bridgehead atoms. The van der Waals surface area contributed by atoms with Crippen molar-refractivity contribution in [1.82, 2.24) is 9.78 Å². The third-order valence-corrected chi connectivity index (χ3v) is 3.05. The van der Waals surface area contributed by atoms with E-state index in [1.54, 1.807) is 0 Å². The fourth-order valence-corrected chi connectivity index (χ4v) is 2.30. The van der Waals surface area contributed by atoms with Crippen LogP contribution in [0.2, 0.25) is 5.02 Å². The van der Waals surface area contributed by atoms with Crippen molar-refractivity contribution < 1.29 is 0 Å². The molecule has 0 radical (unpaired) electrons. The van der Waals surface area contributed by atoms with Crippen molar-refractivity contribution in [3.8, 4) is 11.1 Å². The van der Waals surface area contributed by atoms with Crippen LogP contribution in [0.3, 0.4) is 0 Å². The van der Waals surface area contributed by atoms with Crippen LogP contribution in [0.25, 0.3) is 11.1 Å². The Morgan fingerprint density at radius 3 is 2.75 bits per heavy atom. The standard InChI is InChI=1S/C13H15ClN2/c1-4-12-10(8-16(3)15-12)13-9(2)6-5-7-11(13)14/h5-8H,4H2,1-3H3. The normalized spacial score (nSPS) is 10.8. The molecule has 84 valence electrons. The van der Waals surface area contributed by atoms with Crippen molar-refractivity contribution in [2.45, 2.75) is 20.3 Å². The van der Waals surface area contributed by atoms with Crippen LogP contribution in [-0.2, 0) is 13.5 Å². The molecule has 16 heavy (non-hydrogen) atoms. The average molecular weight is 235 g/mol. The van der Waals surface area contributed by atoms with Gasteiger partial charge in [0.2, 0.25) is 0 Å².